The minimum absolute atomic E-state index is 0.0500. The molecular weight excluding hydrogens is 512 g/mol. The summed E-state index contributed by atoms with van der Waals surface area (Å²) in [5.41, 5.74) is 1.52. The van der Waals surface area contributed by atoms with Crippen LogP contribution in [0.3, 0.4) is 0 Å². The van der Waals surface area contributed by atoms with Crippen molar-refractivity contribution in [2.24, 2.45) is 11.8 Å². The van der Waals surface area contributed by atoms with Crippen LogP contribution in [0.4, 0.5) is 0 Å². The van der Waals surface area contributed by atoms with Gasteiger partial charge in [0.1, 0.15) is 16.9 Å². The Kier molecular flexibility index (Phi) is 12.7. The third-order valence-electron chi connectivity index (χ3n) is 7.26. The zero-order valence-corrected chi connectivity index (χ0v) is 25.5. The van der Waals surface area contributed by atoms with Crippen molar-refractivity contribution in [3.05, 3.63) is 63.6 Å². The predicted molar refractivity (Wildman–Crippen MR) is 158 cm³/mol. The number of hydrogen-bond donors (Lipinski definition) is 0. The van der Waals surface area contributed by atoms with E-state index in [1.165, 1.54) is 32.8 Å². The molecule has 1 aromatic heterocycles. The molecule has 0 aliphatic carbocycles. The van der Waals surface area contributed by atoms with Crippen LogP contribution in [0.1, 0.15) is 52.4 Å². The Morgan fingerprint density at radius 2 is 1.70 bits per heavy atom. The Labute approximate surface area is 237 Å². The van der Waals surface area contributed by atoms with Gasteiger partial charge in [0.25, 0.3) is 0 Å². The van der Waals surface area contributed by atoms with Gasteiger partial charge in [-0.3, -0.25) is 9.59 Å². The molecular formula is C32H44O8. The summed E-state index contributed by atoms with van der Waals surface area (Å²) in [6.07, 6.45) is 11.0. The number of carbonyl (C=O) groups excluding carboxylic acids is 1. The lowest BCUT2D eigenvalue weighted by Crippen LogP contribution is -2.36. The second kappa shape index (κ2) is 15.4. The molecule has 1 heterocycles. The fourth-order valence-electron chi connectivity index (χ4n) is 4.83. The minimum atomic E-state index is -0.561. The number of methoxy groups -OCH3 is 4. The highest BCUT2D eigenvalue weighted by Gasteiger charge is 2.30. The Hall–Kier alpha value is -3.36. The van der Waals surface area contributed by atoms with Gasteiger partial charge in [-0.25, -0.2) is 0 Å². The average molecular weight is 557 g/mol. The molecule has 220 valence electrons. The molecule has 8 heteroatoms. The van der Waals surface area contributed by atoms with Crippen molar-refractivity contribution in [2.45, 2.75) is 66.6 Å². The molecule has 4 unspecified atom stereocenters. The van der Waals surface area contributed by atoms with Gasteiger partial charge >= 0.3 is 5.97 Å². The standard InChI is InChI=1S/C32H44O8/c1-11-19(2)14-12-13-15-24(35-7)22(5)30(38-10)20(3)16-17-25-21(4)29(34)28-26(36-8)18-27(37-9)31(32(28)40-25)39-23(6)33/h11-15,18,20,22,24,30H,16-17H2,1-10H3/b14-12+,15-13+,19-11+. The summed E-state index contributed by atoms with van der Waals surface area (Å²) in [6, 6.07) is 1.52. The van der Waals surface area contributed by atoms with E-state index in [2.05, 4.69) is 13.8 Å². The summed E-state index contributed by atoms with van der Waals surface area (Å²) < 4.78 is 34.2. The topological polar surface area (TPSA) is 93.4 Å². The smallest absolute Gasteiger partial charge is 0.308 e. The molecule has 2 rings (SSSR count). The van der Waals surface area contributed by atoms with Crippen LogP contribution in [-0.2, 0) is 20.7 Å². The normalized spacial score (nSPS) is 15.4. The molecule has 0 saturated heterocycles. The maximum atomic E-state index is 13.4. The largest absolute Gasteiger partial charge is 0.496 e. The quantitative estimate of drug-likeness (QED) is 0.151. The Balaban J connectivity index is 2.38. The highest BCUT2D eigenvalue weighted by atomic mass is 16.6. The first-order valence-corrected chi connectivity index (χ1v) is 13.5. The fraction of sp³-hybridized carbons (Fsp3) is 0.500. The van der Waals surface area contributed by atoms with E-state index < -0.39 is 5.97 Å². The molecule has 0 N–H and O–H groups in total. The first-order valence-electron chi connectivity index (χ1n) is 13.5. The molecule has 1 aromatic carbocycles. The second-order valence-corrected chi connectivity index (χ2v) is 9.94. The van der Waals surface area contributed by atoms with E-state index in [1.54, 1.807) is 21.1 Å². The van der Waals surface area contributed by atoms with Gasteiger partial charge in [0, 0.05) is 45.1 Å². The first-order chi connectivity index (χ1) is 19.0. The van der Waals surface area contributed by atoms with Gasteiger partial charge < -0.3 is 28.1 Å². The van der Waals surface area contributed by atoms with Gasteiger partial charge in [0.05, 0.1) is 26.4 Å². The van der Waals surface area contributed by atoms with Crippen molar-refractivity contribution >= 4 is 16.9 Å². The number of esters is 1. The lowest BCUT2D eigenvalue weighted by Gasteiger charge is -2.32. The lowest BCUT2D eigenvalue weighted by molar-refractivity contribution is -0.131. The predicted octanol–water partition coefficient (Wildman–Crippen LogP) is 6.36. The minimum Gasteiger partial charge on any atom is -0.496 e. The van der Waals surface area contributed by atoms with Crippen LogP contribution in [0, 0.1) is 18.8 Å². The molecule has 4 atom stereocenters. The van der Waals surface area contributed by atoms with Crippen LogP contribution in [0.25, 0.3) is 11.0 Å². The molecule has 0 radical (unpaired) electrons. The van der Waals surface area contributed by atoms with Crippen LogP contribution in [0.5, 0.6) is 17.2 Å². The number of hydrogen-bond acceptors (Lipinski definition) is 8. The van der Waals surface area contributed by atoms with E-state index in [0.29, 0.717) is 24.2 Å². The van der Waals surface area contributed by atoms with Crippen molar-refractivity contribution in [1.82, 2.24) is 0 Å². The number of benzene rings is 1. The highest BCUT2D eigenvalue weighted by molar-refractivity contribution is 5.93. The van der Waals surface area contributed by atoms with Crippen LogP contribution in [-0.4, -0.2) is 46.6 Å². The molecule has 0 aliphatic rings. The van der Waals surface area contributed by atoms with Gasteiger partial charge in [-0.2, -0.15) is 0 Å². The zero-order chi connectivity index (χ0) is 30.0. The average Bonchev–Trinajstić information content (AvgIpc) is 2.94. The number of carbonyl (C=O) groups is 1. The second-order valence-electron chi connectivity index (χ2n) is 9.94. The number of fused-ring (bicyclic) bond motifs is 1. The molecule has 0 bridgehead atoms. The van der Waals surface area contributed by atoms with E-state index in [1.807, 2.05) is 44.2 Å². The number of aryl methyl sites for hydroxylation is 1. The SMILES string of the molecule is C/C=C(C)/C=C/C=C/C(OC)C(C)C(OC)C(C)CCc1oc2c(OC(C)=O)c(OC)cc(OC)c2c(=O)c1C. The van der Waals surface area contributed by atoms with E-state index in [0.717, 1.165) is 0 Å². The van der Waals surface area contributed by atoms with Crippen molar-refractivity contribution in [2.75, 3.05) is 28.4 Å². The summed E-state index contributed by atoms with van der Waals surface area (Å²) in [6.45, 7) is 11.3. The molecule has 2 aromatic rings. The Bertz CT molecular complexity index is 1300. The monoisotopic (exact) mass is 556 g/mol. The third kappa shape index (κ3) is 7.86. The van der Waals surface area contributed by atoms with E-state index >= 15 is 0 Å². The molecule has 40 heavy (non-hydrogen) atoms. The third-order valence-corrected chi connectivity index (χ3v) is 7.26. The molecule has 0 amide bonds. The van der Waals surface area contributed by atoms with Gasteiger partial charge in [-0.1, -0.05) is 49.8 Å². The van der Waals surface area contributed by atoms with Gasteiger partial charge in [0.15, 0.2) is 16.8 Å². The fourth-order valence-corrected chi connectivity index (χ4v) is 4.83. The van der Waals surface area contributed by atoms with Crippen LogP contribution in [0.2, 0.25) is 0 Å². The summed E-state index contributed by atoms with van der Waals surface area (Å²) in [4.78, 5) is 25.3. The van der Waals surface area contributed by atoms with Crippen LogP contribution in [0.15, 0.2) is 51.2 Å². The number of rotatable bonds is 14. The van der Waals surface area contributed by atoms with Crippen LogP contribution < -0.4 is 19.6 Å². The summed E-state index contributed by atoms with van der Waals surface area (Å²) >= 11 is 0. The summed E-state index contributed by atoms with van der Waals surface area (Å²) in [5.74, 6) is 0.675. The first kappa shape index (κ1) is 32.8. The van der Waals surface area contributed by atoms with Crippen molar-refractivity contribution in [1.29, 1.82) is 0 Å². The summed E-state index contributed by atoms with van der Waals surface area (Å²) in [5, 5.41) is 0.200. The zero-order valence-electron chi connectivity index (χ0n) is 25.5. The number of ether oxygens (including phenoxy) is 5. The van der Waals surface area contributed by atoms with Crippen molar-refractivity contribution in [3.63, 3.8) is 0 Å². The lowest BCUT2D eigenvalue weighted by atomic mass is 9.85. The van der Waals surface area contributed by atoms with E-state index in [9.17, 15) is 9.59 Å². The molecule has 0 saturated carbocycles. The van der Waals surface area contributed by atoms with Crippen molar-refractivity contribution in [3.8, 4) is 17.2 Å². The van der Waals surface area contributed by atoms with Gasteiger partial charge in [-0.05, 0) is 33.1 Å². The Morgan fingerprint density at radius 1 is 1.02 bits per heavy atom. The van der Waals surface area contributed by atoms with Gasteiger partial charge in [0.2, 0.25) is 5.75 Å². The molecule has 0 fully saturated rings. The molecule has 8 nitrogen and oxygen atoms in total. The van der Waals surface area contributed by atoms with E-state index in [4.69, 9.17) is 28.1 Å². The maximum absolute atomic E-state index is 13.4. The van der Waals surface area contributed by atoms with E-state index in [-0.39, 0.29) is 57.7 Å². The highest BCUT2D eigenvalue weighted by Crippen LogP contribution is 2.41. The Morgan fingerprint density at radius 3 is 2.25 bits per heavy atom. The van der Waals surface area contributed by atoms with Crippen LogP contribution >= 0.6 is 0 Å². The number of allylic oxidation sites excluding steroid dienone is 5. The van der Waals surface area contributed by atoms with Gasteiger partial charge in [-0.15, -0.1) is 0 Å². The summed E-state index contributed by atoms with van der Waals surface area (Å²) in [7, 11) is 6.30. The molecule has 0 aliphatic heterocycles. The molecule has 0 spiro atoms. The maximum Gasteiger partial charge on any atom is 0.308 e. The van der Waals surface area contributed by atoms with Crippen molar-refractivity contribution < 1.29 is 32.9 Å².